The first-order valence-corrected chi connectivity index (χ1v) is 11.5. The van der Waals surface area contributed by atoms with Crippen molar-refractivity contribution >= 4 is 12.0 Å². The molecule has 0 saturated carbocycles. The molecule has 0 radical (unpaired) electrons. The molecule has 1 saturated heterocycles. The van der Waals surface area contributed by atoms with Crippen LogP contribution in [-0.2, 0) is 9.53 Å². The molecule has 2 aliphatic heterocycles. The fourth-order valence-electron chi connectivity index (χ4n) is 4.66. The molecule has 0 aromatic heterocycles. The zero-order valence-electron chi connectivity index (χ0n) is 19.2. The van der Waals surface area contributed by atoms with Crippen LogP contribution in [-0.4, -0.2) is 50.3 Å². The maximum atomic E-state index is 13.0. The van der Waals surface area contributed by atoms with Gasteiger partial charge in [-0.25, -0.2) is 9.59 Å². The lowest BCUT2D eigenvalue weighted by Crippen LogP contribution is -2.49. The van der Waals surface area contributed by atoms with E-state index in [-0.39, 0.29) is 12.6 Å². The van der Waals surface area contributed by atoms with E-state index < -0.39 is 12.0 Å². The van der Waals surface area contributed by atoms with Gasteiger partial charge in [0.1, 0.15) is 5.75 Å². The van der Waals surface area contributed by atoms with Crippen LogP contribution in [0.2, 0.25) is 0 Å². The van der Waals surface area contributed by atoms with Crippen molar-refractivity contribution in [1.82, 2.24) is 15.5 Å². The molecule has 33 heavy (non-hydrogen) atoms. The highest BCUT2D eigenvalue weighted by atomic mass is 16.5. The molecule has 0 aliphatic carbocycles. The van der Waals surface area contributed by atoms with E-state index in [1.165, 1.54) is 5.56 Å². The summed E-state index contributed by atoms with van der Waals surface area (Å²) in [6, 6.07) is 17.0. The number of likely N-dealkylation sites (tertiary alicyclic amines) is 1. The highest BCUT2D eigenvalue weighted by Crippen LogP contribution is 2.31. The average molecular weight is 450 g/mol. The van der Waals surface area contributed by atoms with Gasteiger partial charge in [0.2, 0.25) is 0 Å². The van der Waals surface area contributed by atoms with Gasteiger partial charge in [0.25, 0.3) is 0 Å². The Balaban J connectivity index is 1.63. The fraction of sp³-hybridized carbons (Fsp3) is 0.385. The predicted molar refractivity (Wildman–Crippen MR) is 126 cm³/mol. The molecule has 7 heteroatoms. The van der Waals surface area contributed by atoms with Crippen LogP contribution in [0.4, 0.5) is 4.79 Å². The summed E-state index contributed by atoms with van der Waals surface area (Å²) in [6.45, 7) is 4.32. The van der Waals surface area contributed by atoms with Crippen molar-refractivity contribution in [2.24, 2.45) is 0 Å². The van der Waals surface area contributed by atoms with E-state index in [9.17, 15) is 9.59 Å². The lowest BCUT2D eigenvalue weighted by atomic mass is 9.90. The third-order valence-corrected chi connectivity index (χ3v) is 6.26. The molecule has 7 nitrogen and oxygen atoms in total. The van der Waals surface area contributed by atoms with Crippen LogP contribution in [0.15, 0.2) is 65.9 Å². The van der Waals surface area contributed by atoms with Crippen molar-refractivity contribution in [3.63, 3.8) is 0 Å². The first kappa shape index (κ1) is 22.9. The molecule has 174 valence electrons. The second-order valence-electron chi connectivity index (χ2n) is 8.40. The highest BCUT2D eigenvalue weighted by molar-refractivity contribution is 5.95. The molecule has 2 aliphatic rings. The zero-order valence-corrected chi connectivity index (χ0v) is 19.2. The standard InChI is InChI=1S/C26H31N3O4/c1-3-33-25(30)23-22(17-29-15-7-10-20(16-29)18-8-5-4-6-9-18)27-26(31)28-24(23)19-11-13-21(32-2)14-12-19/h4-6,8-9,11-14,20,24H,3,7,10,15-17H2,1-2H3,(H2,27,28,31). The van der Waals surface area contributed by atoms with E-state index in [4.69, 9.17) is 9.47 Å². The van der Waals surface area contributed by atoms with Crippen molar-refractivity contribution in [2.75, 3.05) is 33.4 Å². The molecule has 4 rings (SSSR count). The molecule has 2 N–H and O–H groups in total. The first-order chi connectivity index (χ1) is 16.1. The number of nitrogens with one attached hydrogen (secondary N) is 2. The summed E-state index contributed by atoms with van der Waals surface area (Å²) in [5, 5.41) is 5.79. The number of piperidine rings is 1. The summed E-state index contributed by atoms with van der Waals surface area (Å²) in [7, 11) is 1.60. The minimum Gasteiger partial charge on any atom is -0.497 e. The number of ether oxygens (including phenoxy) is 2. The second-order valence-corrected chi connectivity index (χ2v) is 8.40. The third kappa shape index (κ3) is 5.37. The van der Waals surface area contributed by atoms with E-state index in [1.807, 2.05) is 30.3 Å². The molecule has 2 aromatic carbocycles. The topological polar surface area (TPSA) is 79.9 Å². The number of carbonyl (C=O) groups is 2. The van der Waals surface area contributed by atoms with Crippen LogP contribution in [0.5, 0.6) is 5.75 Å². The molecule has 2 heterocycles. The number of hydrogen-bond donors (Lipinski definition) is 2. The number of hydrogen-bond acceptors (Lipinski definition) is 5. The molecular weight excluding hydrogens is 418 g/mol. The van der Waals surface area contributed by atoms with E-state index in [0.717, 1.165) is 31.5 Å². The Morgan fingerprint density at radius 1 is 1.09 bits per heavy atom. The van der Waals surface area contributed by atoms with Gasteiger partial charge >= 0.3 is 12.0 Å². The highest BCUT2D eigenvalue weighted by Gasteiger charge is 2.35. The molecular formula is C26H31N3O4. The zero-order chi connectivity index (χ0) is 23.2. The van der Waals surface area contributed by atoms with Crippen LogP contribution >= 0.6 is 0 Å². The van der Waals surface area contributed by atoms with Crippen LogP contribution < -0.4 is 15.4 Å². The van der Waals surface area contributed by atoms with E-state index in [2.05, 4.69) is 39.8 Å². The summed E-state index contributed by atoms with van der Waals surface area (Å²) in [4.78, 5) is 27.9. The molecule has 2 atom stereocenters. The Kier molecular flexibility index (Phi) is 7.29. The van der Waals surface area contributed by atoms with E-state index in [1.54, 1.807) is 14.0 Å². The smallest absolute Gasteiger partial charge is 0.338 e. The number of amides is 2. The Bertz CT molecular complexity index is 1000. The number of esters is 1. The Morgan fingerprint density at radius 3 is 2.55 bits per heavy atom. The summed E-state index contributed by atoms with van der Waals surface area (Å²) in [5.41, 5.74) is 3.18. The van der Waals surface area contributed by atoms with Gasteiger partial charge in [-0.3, -0.25) is 4.90 Å². The maximum absolute atomic E-state index is 13.0. The SMILES string of the molecule is CCOC(=O)C1=C(CN2CCCC(c3ccccc3)C2)NC(=O)NC1c1ccc(OC)cc1. The molecule has 2 unspecified atom stereocenters. The van der Waals surface area contributed by atoms with Crippen molar-refractivity contribution in [3.05, 3.63) is 77.0 Å². The number of rotatable bonds is 7. The lowest BCUT2D eigenvalue weighted by molar-refractivity contribution is -0.139. The van der Waals surface area contributed by atoms with Crippen LogP contribution in [0, 0.1) is 0 Å². The van der Waals surface area contributed by atoms with Gasteiger partial charge in [0, 0.05) is 18.8 Å². The van der Waals surface area contributed by atoms with Gasteiger partial charge in [0.15, 0.2) is 0 Å². The molecule has 0 spiro atoms. The predicted octanol–water partition coefficient (Wildman–Crippen LogP) is 3.75. The van der Waals surface area contributed by atoms with Crippen molar-refractivity contribution < 1.29 is 19.1 Å². The Morgan fingerprint density at radius 2 is 1.85 bits per heavy atom. The van der Waals surface area contributed by atoms with Gasteiger partial charge in [-0.05, 0) is 55.5 Å². The van der Waals surface area contributed by atoms with Crippen molar-refractivity contribution in [1.29, 1.82) is 0 Å². The third-order valence-electron chi connectivity index (χ3n) is 6.26. The van der Waals surface area contributed by atoms with Gasteiger partial charge < -0.3 is 20.1 Å². The monoisotopic (exact) mass is 449 g/mol. The lowest BCUT2D eigenvalue weighted by Gasteiger charge is -2.36. The molecule has 1 fully saturated rings. The first-order valence-electron chi connectivity index (χ1n) is 11.5. The van der Waals surface area contributed by atoms with Gasteiger partial charge in [-0.1, -0.05) is 42.5 Å². The van der Waals surface area contributed by atoms with Crippen molar-refractivity contribution in [2.45, 2.75) is 31.7 Å². The molecule has 2 amide bonds. The van der Waals surface area contributed by atoms with Crippen molar-refractivity contribution in [3.8, 4) is 5.75 Å². The van der Waals surface area contributed by atoms with Crippen LogP contribution in [0.3, 0.4) is 0 Å². The van der Waals surface area contributed by atoms with Crippen LogP contribution in [0.1, 0.15) is 42.9 Å². The number of nitrogens with zero attached hydrogens (tertiary/aromatic N) is 1. The number of benzene rings is 2. The summed E-state index contributed by atoms with van der Waals surface area (Å²) in [5.74, 6) is 0.722. The molecule has 0 bridgehead atoms. The summed E-state index contributed by atoms with van der Waals surface area (Å²) in [6.07, 6.45) is 2.20. The van der Waals surface area contributed by atoms with Gasteiger partial charge in [-0.2, -0.15) is 0 Å². The normalized spacial score (nSPS) is 21.2. The Labute approximate surface area is 194 Å². The van der Waals surface area contributed by atoms with Gasteiger partial charge in [-0.15, -0.1) is 0 Å². The number of urea groups is 1. The van der Waals surface area contributed by atoms with Gasteiger partial charge in [0.05, 0.1) is 25.3 Å². The van der Waals surface area contributed by atoms with Crippen LogP contribution in [0.25, 0.3) is 0 Å². The van der Waals surface area contributed by atoms with E-state index >= 15 is 0 Å². The molecule has 2 aromatic rings. The fourth-order valence-corrected chi connectivity index (χ4v) is 4.66. The minimum atomic E-state index is -0.589. The quantitative estimate of drug-likeness (QED) is 0.630. The average Bonchev–Trinajstić information content (AvgIpc) is 2.84. The Hall–Kier alpha value is -3.32. The van der Waals surface area contributed by atoms with E-state index in [0.29, 0.717) is 29.5 Å². The second kappa shape index (κ2) is 10.5. The summed E-state index contributed by atoms with van der Waals surface area (Å²) >= 11 is 0. The number of methoxy groups -OCH3 is 1. The largest absolute Gasteiger partial charge is 0.497 e. The maximum Gasteiger partial charge on any atom is 0.338 e. The minimum absolute atomic E-state index is 0.263. The number of carbonyl (C=O) groups excluding carboxylic acids is 2. The summed E-state index contributed by atoms with van der Waals surface area (Å²) < 4.78 is 10.6.